The van der Waals surface area contributed by atoms with Crippen molar-refractivity contribution < 1.29 is 0 Å². The van der Waals surface area contributed by atoms with Crippen molar-refractivity contribution in [1.29, 1.82) is 0 Å². The summed E-state index contributed by atoms with van der Waals surface area (Å²) in [5.41, 5.74) is 5.10. The molecule has 0 spiro atoms. The highest BCUT2D eigenvalue weighted by Gasteiger charge is 2.19. The minimum Gasteiger partial charge on any atom is -0.135 e. The Kier molecular flexibility index (Phi) is 5.64. The molecule has 11 aromatic rings. The lowest BCUT2D eigenvalue weighted by Crippen LogP contribution is -1.91. The van der Waals surface area contributed by atoms with E-state index < -0.39 is 0 Å². The minimum atomic E-state index is 1.25. The summed E-state index contributed by atoms with van der Waals surface area (Å²) in [5.74, 6) is 0. The molecular weight excluding hydrogens is 609 g/mol. The largest absolute Gasteiger partial charge is 0.135 e. The Morgan fingerprint density at radius 2 is 0.633 bits per heavy atom. The molecular formula is C48H28S. The standard InChI is InChI=1S/C48H28S/c1-2-12-30-28-46-44(25-29(30)11-1)43-27-32(22-24-45(43)49-46)48-40-19-9-7-17-38(40)47(39-18-8-10-20-41(39)48)31-21-23-37-35-15-4-3-13-33(35)34-14-5-6-16-36(34)42(37)26-31/h1-28H. The Morgan fingerprint density at radius 1 is 0.245 bits per heavy atom. The lowest BCUT2D eigenvalue weighted by Gasteiger charge is -2.19. The van der Waals surface area contributed by atoms with E-state index in [1.54, 1.807) is 0 Å². The number of hydrogen-bond donors (Lipinski definition) is 0. The van der Waals surface area contributed by atoms with Gasteiger partial charge in [-0.15, -0.1) is 11.3 Å². The average Bonchev–Trinajstić information content (AvgIpc) is 3.52. The van der Waals surface area contributed by atoms with Crippen LogP contribution in [0.3, 0.4) is 0 Å². The maximum Gasteiger partial charge on any atom is 0.0361 e. The van der Waals surface area contributed by atoms with Crippen molar-refractivity contribution in [2.45, 2.75) is 0 Å². The molecule has 10 aromatic carbocycles. The molecule has 0 atom stereocenters. The molecule has 0 nitrogen and oxygen atoms in total. The molecule has 1 aromatic heterocycles. The Hall–Kier alpha value is -6.02. The van der Waals surface area contributed by atoms with Gasteiger partial charge >= 0.3 is 0 Å². The van der Waals surface area contributed by atoms with Crippen LogP contribution >= 0.6 is 11.3 Å². The van der Waals surface area contributed by atoms with E-state index >= 15 is 0 Å². The fourth-order valence-electron chi connectivity index (χ4n) is 8.43. The van der Waals surface area contributed by atoms with Crippen molar-refractivity contribution in [2.75, 3.05) is 0 Å². The first-order valence-electron chi connectivity index (χ1n) is 16.9. The van der Waals surface area contributed by atoms with E-state index in [-0.39, 0.29) is 0 Å². The van der Waals surface area contributed by atoms with Gasteiger partial charge < -0.3 is 0 Å². The van der Waals surface area contributed by atoms with Crippen LogP contribution in [-0.4, -0.2) is 0 Å². The van der Waals surface area contributed by atoms with Gasteiger partial charge in [-0.1, -0.05) is 140 Å². The number of rotatable bonds is 2. The molecule has 1 heterocycles. The molecule has 1 heteroatoms. The number of hydrogen-bond acceptors (Lipinski definition) is 1. The summed E-state index contributed by atoms with van der Waals surface area (Å²) in [4.78, 5) is 0. The molecule has 226 valence electrons. The molecule has 0 bridgehead atoms. The highest BCUT2D eigenvalue weighted by Crippen LogP contribution is 2.47. The van der Waals surface area contributed by atoms with Gasteiger partial charge in [-0.3, -0.25) is 0 Å². The molecule has 0 fully saturated rings. The first-order valence-corrected chi connectivity index (χ1v) is 17.7. The predicted octanol–water partition coefficient (Wildman–Crippen LogP) is 14.3. The van der Waals surface area contributed by atoms with Gasteiger partial charge in [0.1, 0.15) is 0 Å². The normalized spacial score (nSPS) is 12.1. The third-order valence-corrected chi connectivity index (χ3v) is 11.7. The monoisotopic (exact) mass is 636 g/mol. The van der Waals surface area contributed by atoms with Crippen LogP contribution in [0.5, 0.6) is 0 Å². The third kappa shape index (κ3) is 3.91. The van der Waals surface area contributed by atoms with Crippen LogP contribution in [0.4, 0.5) is 0 Å². The topological polar surface area (TPSA) is 0 Å². The van der Waals surface area contributed by atoms with Crippen LogP contribution in [0.2, 0.25) is 0 Å². The van der Waals surface area contributed by atoms with Gasteiger partial charge in [0.05, 0.1) is 0 Å². The van der Waals surface area contributed by atoms with Gasteiger partial charge in [-0.05, 0) is 117 Å². The van der Waals surface area contributed by atoms with Crippen molar-refractivity contribution in [3.63, 3.8) is 0 Å². The molecule has 0 radical (unpaired) electrons. The second-order valence-electron chi connectivity index (χ2n) is 13.2. The maximum atomic E-state index is 2.44. The summed E-state index contributed by atoms with van der Waals surface area (Å²) in [6, 6.07) is 63.3. The zero-order chi connectivity index (χ0) is 32.1. The highest BCUT2D eigenvalue weighted by molar-refractivity contribution is 7.25. The summed E-state index contributed by atoms with van der Waals surface area (Å²) in [7, 11) is 0. The van der Waals surface area contributed by atoms with Crippen LogP contribution in [0.25, 0.3) is 107 Å². The zero-order valence-electron chi connectivity index (χ0n) is 26.6. The van der Waals surface area contributed by atoms with Crippen LogP contribution in [0.15, 0.2) is 170 Å². The van der Waals surface area contributed by atoms with E-state index in [0.29, 0.717) is 0 Å². The van der Waals surface area contributed by atoms with E-state index in [4.69, 9.17) is 0 Å². The van der Waals surface area contributed by atoms with Crippen molar-refractivity contribution in [3.05, 3.63) is 170 Å². The van der Waals surface area contributed by atoms with E-state index in [0.717, 1.165) is 0 Å². The lowest BCUT2D eigenvalue weighted by atomic mass is 9.84. The SMILES string of the molecule is c1ccc2cc3c(cc2c1)sc1ccc(-c2c4ccccc4c(-c4ccc5c6ccccc6c6ccccc6c5c4)c4ccccc24)cc13. The Morgan fingerprint density at radius 3 is 1.18 bits per heavy atom. The summed E-state index contributed by atoms with van der Waals surface area (Å²) in [6.45, 7) is 0. The van der Waals surface area contributed by atoms with E-state index in [1.165, 1.54) is 107 Å². The molecule has 0 aliphatic rings. The molecule has 0 aliphatic heterocycles. The second kappa shape index (κ2) is 10.2. The second-order valence-corrected chi connectivity index (χ2v) is 14.3. The van der Waals surface area contributed by atoms with Gasteiger partial charge in [-0.2, -0.15) is 0 Å². The molecule has 0 N–H and O–H groups in total. The number of benzene rings is 10. The summed E-state index contributed by atoms with van der Waals surface area (Å²) < 4.78 is 2.67. The maximum absolute atomic E-state index is 2.44. The van der Waals surface area contributed by atoms with Gasteiger partial charge in [0, 0.05) is 20.2 Å². The summed E-state index contributed by atoms with van der Waals surface area (Å²) >= 11 is 1.89. The van der Waals surface area contributed by atoms with Crippen LogP contribution in [0, 0.1) is 0 Å². The van der Waals surface area contributed by atoms with Crippen LogP contribution < -0.4 is 0 Å². The average molecular weight is 637 g/mol. The third-order valence-electron chi connectivity index (χ3n) is 10.6. The van der Waals surface area contributed by atoms with Crippen molar-refractivity contribution in [2.24, 2.45) is 0 Å². The molecule has 0 saturated heterocycles. The fourth-order valence-corrected chi connectivity index (χ4v) is 9.55. The van der Waals surface area contributed by atoms with E-state index in [2.05, 4.69) is 170 Å². The first-order chi connectivity index (χ1) is 24.3. The summed E-state index contributed by atoms with van der Waals surface area (Å²) in [5, 5.41) is 18.2. The predicted molar refractivity (Wildman–Crippen MR) is 215 cm³/mol. The van der Waals surface area contributed by atoms with Gasteiger partial charge in [0.2, 0.25) is 0 Å². The van der Waals surface area contributed by atoms with Crippen LogP contribution in [-0.2, 0) is 0 Å². The van der Waals surface area contributed by atoms with Gasteiger partial charge in [-0.25, -0.2) is 0 Å². The van der Waals surface area contributed by atoms with Crippen molar-refractivity contribution in [1.82, 2.24) is 0 Å². The zero-order valence-corrected chi connectivity index (χ0v) is 27.4. The van der Waals surface area contributed by atoms with E-state index in [9.17, 15) is 0 Å². The highest BCUT2D eigenvalue weighted by atomic mass is 32.1. The summed E-state index contributed by atoms with van der Waals surface area (Å²) in [6.07, 6.45) is 0. The van der Waals surface area contributed by atoms with Crippen LogP contribution in [0.1, 0.15) is 0 Å². The molecule has 0 amide bonds. The first kappa shape index (κ1) is 27.0. The molecule has 0 aliphatic carbocycles. The molecule has 0 saturated carbocycles. The Balaban J connectivity index is 1.21. The quantitative estimate of drug-likeness (QED) is 0.131. The molecule has 0 unspecified atom stereocenters. The van der Waals surface area contributed by atoms with Gasteiger partial charge in [0.15, 0.2) is 0 Å². The van der Waals surface area contributed by atoms with Crippen molar-refractivity contribution in [3.8, 4) is 22.3 Å². The molecule has 11 rings (SSSR count). The number of fused-ring (bicyclic) bond motifs is 12. The Bertz CT molecular complexity index is 3070. The number of thiophene rings is 1. The Labute approximate surface area is 287 Å². The smallest absolute Gasteiger partial charge is 0.0361 e. The van der Waals surface area contributed by atoms with Gasteiger partial charge in [0.25, 0.3) is 0 Å². The van der Waals surface area contributed by atoms with E-state index in [1.807, 2.05) is 11.3 Å². The fraction of sp³-hybridized carbons (Fsp3) is 0. The van der Waals surface area contributed by atoms with Crippen molar-refractivity contribution >= 4 is 96.1 Å². The lowest BCUT2D eigenvalue weighted by molar-refractivity contribution is 1.69. The minimum absolute atomic E-state index is 1.25. The molecule has 49 heavy (non-hydrogen) atoms.